The first-order chi connectivity index (χ1) is 9.67. The highest BCUT2D eigenvalue weighted by molar-refractivity contribution is 5.94. The lowest BCUT2D eigenvalue weighted by molar-refractivity contribution is 0.101. The lowest BCUT2D eigenvalue weighted by Crippen LogP contribution is -2.25. The summed E-state index contributed by atoms with van der Waals surface area (Å²) in [6.45, 7) is 7.06. The predicted octanol–water partition coefficient (Wildman–Crippen LogP) is 1.55. The lowest BCUT2D eigenvalue weighted by Gasteiger charge is -2.19. The highest BCUT2D eigenvalue weighted by atomic mass is 16.5. The molecule has 1 N–H and O–H groups in total. The van der Waals surface area contributed by atoms with Crippen LogP contribution in [-0.2, 0) is 6.54 Å². The van der Waals surface area contributed by atoms with Gasteiger partial charge in [-0.3, -0.25) is 9.69 Å². The maximum atomic E-state index is 11.5. The molecule has 2 aliphatic heterocycles. The van der Waals surface area contributed by atoms with Gasteiger partial charge in [0.25, 0.3) is 0 Å². The van der Waals surface area contributed by atoms with Gasteiger partial charge in [0.05, 0.1) is 7.11 Å². The highest BCUT2D eigenvalue weighted by Gasteiger charge is 2.36. The second-order valence-electron chi connectivity index (χ2n) is 5.96. The summed E-state index contributed by atoms with van der Waals surface area (Å²) in [5.41, 5.74) is 1.88. The van der Waals surface area contributed by atoms with Gasteiger partial charge in [-0.05, 0) is 50.0 Å². The van der Waals surface area contributed by atoms with Gasteiger partial charge >= 0.3 is 0 Å². The molecule has 1 aromatic carbocycles. The molecule has 4 heteroatoms. The molecular weight excluding hydrogens is 252 g/mol. The molecule has 2 atom stereocenters. The van der Waals surface area contributed by atoms with Gasteiger partial charge in [0.15, 0.2) is 5.78 Å². The number of carbonyl (C=O) groups excluding carboxylic acids is 1. The molecular formula is C16H22N2O2. The van der Waals surface area contributed by atoms with Crippen molar-refractivity contribution < 1.29 is 9.53 Å². The Labute approximate surface area is 120 Å². The number of ketones is 1. The third-order valence-electron chi connectivity index (χ3n) is 4.55. The van der Waals surface area contributed by atoms with E-state index in [-0.39, 0.29) is 5.78 Å². The van der Waals surface area contributed by atoms with Crippen LogP contribution in [0.2, 0.25) is 0 Å². The third kappa shape index (κ3) is 2.58. The smallest absolute Gasteiger partial charge is 0.159 e. The van der Waals surface area contributed by atoms with E-state index in [4.69, 9.17) is 4.74 Å². The number of hydrogen-bond acceptors (Lipinski definition) is 4. The minimum absolute atomic E-state index is 0.108. The van der Waals surface area contributed by atoms with Crippen LogP contribution in [0.3, 0.4) is 0 Å². The number of hydrogen-bond donors (Lipinski definition) is 1. The first-order valence-corrected chi connectivity index (χ1v) is 7.28. The minimum atomic E-state index is 0.108. The van der Waals surface area contributed by atoms with Gasteiger partial charge < -0.3 is 10.1 Å². The zero-order valence-electron chi connectivity index (χ0n) is 12.2. The molecule has 20 heavy (non-hydrogen) atoms. The standard InChI is InChI=1S/C16H22N2O2/c1-11(19)12-3-4-16(20-2)13(5-12)8-18-9-14-6-17-7-15(14)10-18/h3-5,14-15,17H,6-10H2,1-2H3/t14-,15+. The van der Waals surface area contributed by atoms with Crippen LogP contribution in [0, 0.1) is 11.8 Å². The molecule has 0 aliphatic carbocycles. The Hall–Kier alpha value is -1.39. The third-order valence-corrected chi connectivity index (χ3v) is 4.55. The van der Waals surface area contributed by atoms with Gasteiger partial charge in [-0.25, -0.2) is 0 Å². The highest BCUT2D eigenvalue weighted by Crippen LogP contribution is 2.29. The maximum Gasteiger partial charge on any atom is 0.159 e. The maximum absolute atomic E-state index is 11.5. The molecule has 108 valence electrons. The van der Waals surface area contributed by atoms with E-state index in [1.807, 2.05) is 18.2 Å². The summed E-state index contributed by atoms with van der Waals surface area (Å²) in [5, 5.41) is 3.46. The van der Waals surface area contributed by atoms with Crippen molar-refractivity contribution in [2.45, 2.75) is 13.5 Å². The van der Waals surface area contributed by atoms with E-state index >= 15 is 0 Å². The number of ether oxygens (including phenoxy) is 1. The second-order valence-corrected chi connectivity index (χ2v) is 5.96. The zero-order valence-corrected chi connectivity index (χ0v) is 12.2. The fourth-order valence-electron chi connectivity index (χ4n) is 3.44. The van der Waals surface area contributed by atoms with Gasteiger partial charge in [0, 0.05) is 30.8 Å². The molecule has 2 heterocycles. The largest absolute Gasteiger partial charge is 0.496 e. The van der Waals surface area contributed by atoms with Gasteiger partial charge in [-0.1, -0.05) is 0 Å². The molecule has 2 aliphatic rings. The van der Waals surface area contributed by atoms with Crippen LogP contribution in [0.1, 0.15) is 22.8 Å². The number of nitrogens with one attached hydrogen (secondary N) is 1. The Balaban J connectivity index is 1.76. The van der Waals surface area contributed by atoms with Gasteiger partial charge in [-0.15, -0.1) is 0 Å². The number of Topliss-reactive ketones (excluding diaryl/α,β-unsaturated/α-hetero) is 1. The van der Waals surface area contributed by atoms with E-state index in [9.17, 15) is 4.79 Å². The Morgan fingerprint density at radius 1 is 1.35 bits per heavy atom. The van der Waals surface area contributed by atoms with Crippen LogP contribution < -0.4 is 10.1 Å². The summed E-state index contributed by atoms with van der Waals surface area (Å²) in [6.07, 6.45) is 0. The number of benzene rings is 1. The number of fused-ring (bicyclic) bond motifs is 1. The molecule has 4 nitrogen and oxygen atoms in total. The number of likely N-dealkylation sites (tertiary alicyclic amines) is 1. The van der Waals surface area contributed by atoms with Crippen LogP contribution in [0.25, 0.3) is 0 Å². The number of methoxy groups -OCH3 is 1. The summed E-state index contributed by atoms with van der Waals surface area (Å²) in [7, 11) is 1.69. The van der Waals surface area contributed by atoms with E-state index in [0.29, 0.717) is 0 Å². The van der Waals surface area contributed by atoms with Crippen molar-refractivity contribution in [2.75, 3.05) is 33.3 Å². The Morgan fingerprint density at radius 2 is 2.05 bits per heavy atom. The van der Waals surface area contributed by atoms with Crippen LogP contribution in [0.4, 0.5) is 0 Å². The fraction of sp³-hybridized carbons (Fsp3) is 0.562. The Kier molecular flexibility index (Phi) is 3.76. The molecule has 2 saturated heterocycles. The van der Waals surface area contributed by atoms with E-state index in [0.717, 1.165) is 61.4 Å². The molecule has 2 fully saturated rings. The van der Waals surface area contributed by atoms with E-state index in [2.05, 4.69) is 10.2 Å². The number of nitrogens with zero attached hydrogens (tertiary/aromatic N) is 1. The SMILES string of the molecule is COc1ccc(C(C)=O)cc1CN1C[C@H]2CNC[C@H]2C1. The quantitative estimate of drug-likeness (QED) is 0.846. The minimum Gasteiger partial charge on any atom is -0.496 e. The van der Waals surface area contributed by atoms with Crippen LogP contribution in [-0.4, -0.2) is 44.0 Å². The fourth-order valence-corrected chi connectivity index (χ4v) is 3.44. The van der Waals surface area contributed by atoms with Crippen molar-refractivity contribution in [3.05, 3.63) is 29.3 Å². The molecule has 0 saturated carbocycles. The first-order valence-electron chi connectivity index (χ1n) is 7.28. The van der Waals surface area contributed by atoms with Crippen molar-refractivity contribution in [3.63, 3.8) is 0 Å². The summed E-state index contributed by atoms with van der Waals surface area (Å²) in [4.78, 5) is 14.0. The van der Waals surface area contributed by atoms with Crippen molar-refractivity contribution in [1.29, 1.82) is 0 Å². The van der Waals surface area contributed by atoms with Crippen molar-refractivity contribution in [2.24, 2.45) is 11.8 Å². The van der Waals surface area contributed by atoms with Crippen molar-refractivity contribution in [3.8, 4) is 5.75 Å². The van der Waals surface area contributed by atoms with E-state index in [1.165, 1.54) is 0 Å². The molecule has 0 unspecified atom stereocenters. The van der Waals surface area contributed by atoms with Crippen LogP contribution >= 0.6 is 0 Å². The number of rotatable bonds is 4. The summed E-state index contributed by atoms with van der Waals surface area (Å²) in [6, 6.07) is 5.73. The van der Waals surface area contributed by atoms with E-state index < -0.39 is 0 Å². The zero-order chi connectivity index (χ0) is 14.1. The number of carbonyl (C=O) groups is 1. The first kappa shape index (κ1) is 13.6. The van der Waals surface area contributed by atoms with Crippen LogP contribution in [0.15, 0.2) is 18.2 Å². The normalized spacial score (nSPS) is 25.7. The second kappa shape index (κ2) is 5.54. The molecule has 0 amide bonds. The molecule has 3 rings (SSSR count). The summed E-state index contributed by atoms with van der Waals surface area (Å²) < 4.78 is 5.43. The molecule has 0 radical (unpaired) electrons. The summed E-state index contributed by atoms with van der Waals surface area (Å²) >= 11 is 0. The average molecular weight is 274 g/mol. The summed E-state index contributed by atoms with van der Waals surface area (Å²) in [5.74, 6) is 2.57. The predicted molar refractivity (Wildman–Crippen MR) is 78.1 cm³/mol. The Morgan fingerprint density at radius 3 is 2.65 bits per heavy atom. The monoisotopic (exact) mass is 274 g/mol. The topological polar surface area (TPSA) is 41.6 Å². The average Bonchev–Trinajstić information content (AvgIpc) is 2.99. The van der Waals surface area contributed by atoms with Crippen molar-refractivity contribution in [1.82, 2.24) is 10.2 Å². The van der Waals surface area contributed by atoms with Gasteiger partial charge in [0.1, 0.15) is 5.75 Å². The van der Waals surface area contributed by atoms with Gasteiger partial charge in [0.2, 0.25) is 0 Å². The molecule has 0 bridgehead atoms. The molecule has 0 spiro atoms. The molecule has 1 aromatic rings. The van der Waals surface area contributed by atoms with E-state index in [1.54, 1.807) is 14.0 Å². The van der Waals surface area contributed by atoms with Crippen molar-refractivity contribution >= 4 is 5.78 Å². The Bertz CT molecular complexity index is 503. The van der Waals surface area contributed by atoms with Gasteiger partial charge in [-0.2, -0.15) is 0 Å². The lowest BCUT2D eigenvalue weighted by atomic mass is 10.0. The van der Waals surface area contributed by atoms with Crippen LogP contribution in [0.5, 0.6) is 5.75 Å². The molecule has 0 aromatic heterocycles.